The zero-order chi connectivity index (χ0) is 18.7. The monoisotopic (exact) mass is 374 g/mol. The van der Waals surface area contributed by atoms with Crippen LogP contribution >= 0.6 is 12.2 Å². The second-order valence-corrected chi connectivity index (χ2v) is 6.81. The van der Waals surface area contributed by atoms with Gasteiger partial charge in [-0.1, -0.05) is 6.08 Å². The summed E-state index contributed by atoms with van der Waals surface area (Å²) in [6, 6.07) is 6.23. The summed E-state index contributed by atoms with van der Waals surface area (Å²) < 4.78 is 15.6. The third-order valence-corrected chi connectivity index (χ3v) is 5.33. The van der Waals surface area contributed by atoms with Gasteiger partial charge in [-0.3, -0.25) is 4.90 Å². The van der Waals surface area contributed by atoms with Crippen LogP contribution in [0.2, 0.25) is 0 Å². The number of aryl methyl sites for hydroxylation is 1. The smallest absolute Gasteiger partial charge is 0.199 e. The van der Waals surface area contributed by atoms with E-state index in [9.17, 15) is 0 Å². The Morgan fingerprint density at radius 2 is 2.15 bits per heavy atom. The quantitative estimate of drug-likeness (QED) is 0.546. The summed E-state index contributed by atoms with van der Waals surface area (Å²) in [6.45, 7) is 8.11. The maximum Gasteiger partial charge on any atom is 0.199 e. The lowest BCUT2D eigenvalue weighted by atomic mass is 10.0. The molecule has 1 aliphatic heterocycles. The topological polar surface area (TPSA) is 44.5 Å². The lowest BCUT2D eigenvalue weighted by Gasteiger charge is -2.26. The molecule has 1 atom stereocenters. The van der Waals surface area contributed by atoms with E-state index >= 15 is 0 Å². The number of likely N-dealkylation sites (tertiary alicyclic amines) is 1. The second-order valence-electron chi connectivity index (χ2n) is 6.45. The van der Waals surface area contributed by atoms with Crippen molar-refractivity contribution >= 4 is 12.2 Å². The van der Waals surface area contributed by atoms with Crippen LogP contribution < -0.4 is 9.47 Å². The average molecular weight is 375 g/mol. The van der Waals surface area contributed by atoms with Crippen molar-refractivity contribution in [2.24, 2.45) is 0 Å². The first-order chi connectivity index (χ1) is 12.6. The van der Waals surface area contributed by atoms with Crippen LogP contribution in [0.15, 0.2) is 30.9 Å². The number of benzene rings is 1. The maximum absolute atomic E-state index is 5.60. The Balaban J connectivity index is 1.89. The fourth-order valence-corrected chi connectivity index (χ4v) is 3.91. The van der Waals surface area contributed by atoms with Crippen LogP contribution in [0.25, 0.3) is 0 Å². The zero-order valence-corrected chi connectivity index (χ0v) is 16.5. The Bertz CT molecular complexity index is 843. The highest BCUT2D eigenvalue weighted by molar-refractivity contribution is 7.71. The van der Waals surface area contributed by atoms with Gasteiger partial charge in [-0.25, -0.2) is 4.68 Å². The molecule has 0 amide bonds. The Labute approximate surface area is 159 Å². The molecular formula is C19H26N4O2S. The molecule has 1 aliphatic rings. The van der Waals surface area contributed by atoms with Crippen molar-refractivity contribution in [3.8, 4) is 11.5 Å². The highest BCUT2D eigenvalue weighted by Crippen LogP contribution is 2.39. The van der Waals surface area contributed by atoms with Crippen molar-refractivity contribution in [3.63, 3.8) is 0 Å². The Morgan fingerprint density at radius 1 is 1.35 bits per heavy atom. The lowest BCUT2D eigenvalue weighted by molar-refractivity contribution is 0.186. The van der Waals surface area contributed by atoms with Gasteiger partial charge in [0.05, 0.1) is 20.9 Å². The molecule has 2 heterocycles. The van der Waals surface area contributed by atoms with E-state index < -0.39 is 0 Å². The van der Waals surface area contributed by atoms with Gasteiger partial charge in [-0.05, 0) is 50.2 Å². The van der Waals surface area contributed by atoms with E-state index in [2.05, 4.69) is 22.6 Å². The molecule has 1 aromatic heterocycles. The standard InChI is InChI=1S/C19H26N4O2S/c1-5-10-22-14(2)20-23(19(22)26)13-21-11-6-7-17(21)16-12-15(24-3)8-9-18(16)25-4/h5,8-9,12,17H,1,6-7,10-11,13H2,2-4H3. The Hall–Kier alpha value is -2.12. The van der Waals surface area contributed by atoms with Gasteiger partial charge in [-0.2, -0.15) is 5.10 Å². The van der Waals surface area contributed by atoms with Gasteiger partial charge in [0.2, 0.25) is 0 Å². The van der Waals surface area contributed by atoms with Gasteiger partial charge >= 0.3 is 0 Å². The highest BCUT2D eigenvalue weighted by Gasteiger charge is 2.29. The molecule has 0 aliphatic carbocycles. The van der Waals surface area contributed by atoms with E-state index in [1.165, 1.54) is 0 Å². The number of nitrogens with zero attached hydrogens (tertiary/aromatic N) is 4. The first-order valence-electron chi connectivity index (χ1n) is 8.80. The molecule has 1 saturated heterocycles. The summed E-state index contributed by atoms with van der Waals surface area (Å²) in [5.41, 5.74) is 1.15. The molecule has 0 bridgehead atoms. The van der Waals surface area contributed by atoms with Crippen LogP contribution in [0, 0.1) is 11.7 Å². The predicted octanol–water partition coefficient (Wildman–Crippen LogP) is 3.72. The lowest BCUT2D eigenvalue weighted by Crippen LogP contribution is -2.27. The van der Waals surface area contributed by atoms with Gasteiger partial charge in [-0.15, -0.1) is 6.58 Å². The van der Waals surface area contributed by atoms with Crippen LogP contribution in [0.4, 0.5) is 0 Å². The highest BCUT2D eigenvalue weighted by atomic mass is 32.1. The SMILES string of the molecule is C=CCn1c(C)nn(CN2CCCC2c2cc(OC)ccc2OC)c1=S. The van der Waals surface area contributed by atoms with E-state index in [1.807, 2.05) is 34.4 Å². The predicted molar refractivity (Wildman–Crippen MR) is 104 cm³/mol. The number of ether oxygens (including phenoxy) is 2. The molecule has 7 heteroatoms. The van der Waals surface area contributed by atoms with Crippen LogP contribution in [-0.4, -0.2) is 40.0 Å². The molecule has 1 fully saturated rings. The molecular weight excluding hydrogens is 348 g/mol. The second kappa shape index (κ2) is 8.05. The summed E-state index contributed by atoms with van der Waals surface area (Å²) in [7, 11) is 3.40. The number of methoxy groups -OCH3 is 2. The molecule has 3 rings (SSSR count). The van der Waals surface area contributed by atoms with Gasteiger partial charge in [0, 0.05) is 24.7 Å². The molecule has 0 radical (unpaired) electrons. The van der Waals surface area contributed by atoms with E-state index in [-0.39, 0.29) is 6.04 Å². The minimum absolute atomic E-state index is 0.256. The third kappa shape index (κ3) is 3.54. The number of allylic oxidation sites excluding steroid dienone is 1. The van der Waals surface area contributed by atoms with Gasteiger partial charge < -0.3 is 14.0 Å². The van der Waals surface area contributed by atoms with E-state index in [0.717, 1.165) is 47.0 Å². The van der Waals surface area contributed by atoms with Crippen LogP contribution in [-0.2, 0) is 13.2 Å². The van der Waals surface area contributed by atoms with E-state index in [0.29, 0.717) is 13.2 Å². The van der Waals surface area contributed by atoms with Gasteiger partial charge in [0.1, 0.15) is 17.3 Å². The zero-order valence-electron chi connectivity index (χ0n) is 15.6. The first kappa shape index (κ1) is 18.7. The number of hydrogen-bond donors (Lipinski definition) is 0. The summed E-state index contributed by atoms with van der Waals surface area (Å²) in [4.78, 5) is 2.40. The largest absolute Gasteiger partial charge is 0.497 e. The maximum atomic E-state index is 5.60. The van der Waals surface area contributed by atoms with Crippen molar-refractivity contribution in [2.45, 2.75) is 39.0 Å². The molecule has 0 saturated carbocycles. The van der Waals surface area contributed by atoms with Crippen molar-refractivity contribution in [2.75, 3.05) is 20.8 Å². The minimum atomic E-state index is 0.256. The number of aromatic nitrogens is 3. The fraction of sp³-hybridized carbons (Fsp3) is 0.474. The number of rotatable bonds is 7. The molecule has 0 spiro atoms. The summed E-state index contributed by atoms with van der Waals surface area (Å²) in [5, 5.41) is 4.63. The van der Waals surface area contributed by atoms with E-state index in [4.69, 9.17) is 21.7 Å². The third-order valence-electron chi connectivity index (χ3n) is 4.89. The molecule has 1 aromatic carbocycles. The van der Waals surface area contributed by atoms with Crippen molar-refractivity contribution in [3.05, 3.63) is 47.0 Å². The van der Waals surface area contributed by atoms with Crippen LogP contribution in [0.5, 0.6) is 11.5 Å². The Kier molecular flexibility index (Phi) is 5.78. The fourth-order valence-electron chi connectivity index (χ4n) is 3.60. The van der Waals surface area contributed by atoms with Crippen LogP contribution in [0.3, 0.4) is 0 Å². The van der Waals surface area contributed by atoms with Crippen molar-refractivity contribution in [1.82, 2.24) is 19.2 Å². The van der Waals surface area contributed by atoms with Gasteiger partial charge in [0.25, 0.3) is 0 Å². The summed E-state index contributed by atoms with van der Waals surface area (Å²) >= 11 is 5.60. The molecule has 140 valence electrons. The molecule has 6 nitrogen and oxygen atoms in total. The first-order valence-corrected chi connectivity index (χ1v) is 9.21. The van der Waals surface area contributed by atoms with Crippen molar-refractivity contribution < 1.29 is 9.47 Å². The summed E-state index contributed by atoms with van der Waals surface area (Å²) in [5.74, 6) is 2.64. The minimum Gasteiger partial charge on any atom is -0.497 e. The molecule has 26 heavy (non-hydrogen) atoms. The van der Waals surface area contributed by atoms with E-state index in [1.54, 1.807) is 14.2 Å². The molecule has 1 unspecified atom stereocenters. The average Bonchev–Trinajstić information content (AvgIpc) is 3.21. The summed E-state index contributed by atoms with van der Waals surface area (Å²) in [6.07, 6.45) is 4.04. The Morgan fingerprint density at radius 3 is 2.85 bits per heavy atom. The number of hydrogen-bond acceptors (Lipinski definition) is 5. The molecule has 2 aromatic rings. The normalized spacial score (nSPS) is 17.4. The van der Waals surface area contributed by atoms with Gasteiger partial charge in [0.15, 0.2) is 4.77 Å². The molecule has 0 N–H and O–H groups in total. The van der Waals surface area contributed by atoms with Crippen LogP contribution in [0.1, 0.15) is 30.3 Å². The van der Waals surface area contributed by atoms with Crippen molar-refractivity contribution in [1.29, 1.82) is 0 Å².